The third-order valence-corrected chi connectivity index (χ3v) is 3.61. The van der Waals surface area contributed by atoms with Crippen molar-refractivity contribution in [2.24, 2.45) is 0 Å². The lowest BCUT2D eigenvalue weighted by Gasteiger charge is -2.26. The van der Waals surface area contributed by atoms with E-state index in [0.29, 0.717) is 4.47 Å². The van der Waals surface area contributed by atoms with Crippen LogP contribution in [0.1, 0.15) is 25.3 Å². The standard InChI is InChI=1S/C11H13BrFNO/c1-11(3-2-4-14-11)7-5-8(12)9(13)6-10(7)15/h5-6,14-15H,2-4H2,1H3. The van der Waals surface area contributed by atoms with Crippen LogP contribution >= 0.6 is 15.9 Å². The Bertz CT molecular complexity index is 388. The minimum atomic E-state index is -0.433. The third kappa shape index (κ3) is 1.88. The summed E-state index contributed by atoms with van der Waals surface area (Å²) in [6.07, 6.45) is 2.03. The van der Waals surface area contributed by atoms with Crippen molar-refractivity contribution in [1.82, 2.24) is 5.32 Å². The van der Waals surface area contributed by atoms with E-state index < -0.39 is 5.82 Å². The average molecular weight is 274 g/mol. The van der Waals surface area contributed by atoms with Gasteiger partial charge in [-0.2, -0.15) is 0 Å². The smallest absolute Gasteiger partial charge is 0.141 e. The molecule has 0 spiro atoms. The van der Waals surface area contributed by atoms with Crippen LogP contribution in [0.5, 0.6) is 5.75 Å². The number of nitrogens with one attached hydrogen (secondary N) is 1. The molecule has 82 valence electrons. The van der Waals surface area contributed by atoms with Gasteiger partial charge in [-0.1, -0.05) is 0 Å². The van der Waals surface area contributed by atoms with Gasteiger partial charge in [0.1, 0.15) is 11.6 Å². The van der Waals surface area contributed by atoms with Crippen molar-refractivity contribution in [3.63, 3.8) is 0 Å². The first kappa shape index (κ1) is 10.9. The Balaban J connectivity index is 2.48. The summed E-state index contributed by atoms with van der Waals surface area (Å²) in [4.78, 5) is 0. The lowest BCUT2D eigenvalue weighted by atomic mass is 9.90. The average Bonchev–Trinajstić information content (AvgIpc) is 2.60. The molecule has 1 fully saturated rings. The molecule has 0 aromatic heterocycles. The van der Waals surface area contributed by atoms with Crippen molar-refractivity contribution in [1.29, 1.82) is 0 Å². The van der Waals surface area contributed by atoms with E-state index in [0.717, 1.165) is 31.0 Å². The summed E-state index contributed by atoms with van der Waals surface area (Å²) in [7, 11) is 0. The number of hydrogen-bond donors (Lipinski definition) is 2. The zero-order valence-corrected chi connectivity index (χ0v) is 10.1. The molecule has 1 saturated heterocycles. The van der Waals surface area contributed by atoms with Crippen LogP contribution in [0.15, 0.2) is 16.6 Å². The number of benzene rings is 1. The fraction of sp³-hybridized carbons (Fsp3) is 0.455. The maximum Gasteiger partial charge on any atom is 0.141 e. The summed E-state index contributed by atoms with van der Waals surface area (Å²) >= 11 is 3.14. The molecule has 2 N–H and O–H groups in total. The van der Waals surface area contributed by atoms with Gasteiger partial charge in [0.25, 0.3) is 0 Å². The highest BCUT2D eigenvalue weighted by atomic mass is 79.9. The summed E-state index contributed by atoms with van der Waals surface area (Å²) in [5, 5.41) is 13.1. The number of phenols is 1. The molecule has 1 unspecified atom stereocenters. The number of rotatable bonds is 1. The Morgan fingerprint density at radius 3 is 2.87 bits per heavy atom. The van der Waals surface area contributed by atoms with Crippen LogP contribution in [0.25, 0.3) is 0 Å². The SMILES string of the molecule is CC1(c2cc(Br)c(F)cc2O)CCCN1. The molecular formula is C11H13BrFNO. The quantitative estimate of drug-likeness (QED) is 0.825. The fourth-order valence-electron chi connectivity index (χ4n) is 2.10. The zero-order valence-electron chi connectivity index (χ0n) is 8.48. The molecule has 0 aliphatic carbocycles. The molecule has 1 aromatic rings. The number of hydrogen-bond acceptors (Lipinski definition) is 2. The molecule has 1 heterocycles. The highest BCUT2D eigenvalue weighted by Crippen LogP contribution is 2.38. The van der Waals surface area contributed by atoms with Crippen LogP contribution in [0.3, 0.4) is 0 Å². The molecule has 1 atom stereocenters. The lowest BCUT2D eigenvalue weighted by Crippen LogP contribution is -2.33. The first-order chi connectivity index (χ1) is 7.03. The van der Waals surface area contributed by atoms with Crippen molar-refractivity contribution in [2.75, 3.05) is 6.54 Å². The van der Waals surface area contributed by atoms with Crippen LogP contribution in [-0.2, 0) is 5.54 Å². The van der Waals surface area contributed by atoms with E-state index in [9.17, 15) is 9.50 Å². The fourth-order valence-corrected chi connectivity index (χ4v) is 2.45. The maximum atomic E-state index is 13.1. The molecule has 0 radical (unpaired) electrons. The Labute approximate surface area is 96.6 Å². The van der Waals surface area contributed by atoms with Crippen molar-refractivity contribution >= 4 is 15.9 Å². The van der Waals surface area contributed by atoms with Gasteiger partial charge in [0, 0.05) is 17.2 Å². The summed E-state index contributed by atoms with van der Waals surface area (Å²) in [6.45, 7) is 2.96. The first-order valence-corrected chi connectivity index (χ1v) is 5.76. The molecule has 2 nitrogen and oxygen atoms in total. The minimum absolute atomic E-state index is 0.0209. The second-order valence-electron chi connectivity index (χ2n) is 4.15. The normalized spacial score (nSPS) is 25.8. The highest BCUT2D eigenvalue weighted by Gasteiger charge is 2.32. The van der Waals surface area contributed by atoms with Gasteiger partial charge in [-0.25, -0.2) is 4.39 Å². The highest BCUT2D eigenvalue weighted by molar-refractivity contribution is 9.10. The van der Waals surface area contributed by atoms with Crippen molar-refractivity contribution < 1.29 is 9.50 Å². The second kappa shape index (κ2) is 3.76. The van der Waals surface area contributed by atoms with Crippen LogP contribution in [0, 0.1) is 5.82 Å². The maximum absolute atomic E-state index is 13.1. The first-order valence-electron chi connectivity index (χ1n) is 4.96. The molecule has 1 aliphatic rings. The van der Waals surface area contributed by atoms with Gasteiger partial charge in [-0.3, -0.25) is 0 Å². The van der Waals surface area contributed by atoms with Gasteiger partial charge in [0.2, 0.25) is 0 Å². The van der Waals surface area contributed by atoms with E-state index in [1.807, 2.05) is 6.92 Å². The van der Waals surface area contributed by atoms with E-state index >= 15 is 0 Å². The van der Waals surface area contributed by atoms with E-state index in [1.165, 1.54) is 0 Å². The van der Waals surface area contributed by atoms with Crippen LogP contribution in [-0.4, -0.2) is 11.7 Å². The van der Waals surface area contributed by atoms with Crippen LogP contribution in [0.2, 0.25) is 0 Å². The summed E-state index contributed by atoms with van der Waals surface area (Å²) in [5.41, 5.74) is 0.522. The van der Waals surface area contributed by atoms with E-state index in [4.69, 9.17) is 0 Å². The molecule has 4 heteroatoms. The Morgan fingerprint density at radius 2 is 2.27 bits per heavy atom. The topological polar surface area (TPSA) is 32.3 Å². The summed E-state index contributed by atoms with van der Waals surface area (Å²) in [6, 6.07) is 2.81. The predicted octanol–water partition coefficient (Wildman–Crippen LogP) is 2.89. The van der Waals surface area contributed by atoms with E-state index in [-0.39, 0.29) is 11.3 Å². The van der Waals surface area contributed by atoms with Gasteiger partial charge in [0.05, 0.1) is 4.47 Å². The Kier molecular flexibility index (Phi) is 2.73. The molecule has 1 aliphatic heterocycles. The molecular weight excluding hydrogens is 261 g/mol. The number of aromatic hydroxyl groups is 1. The summed E-state index contributed by atoms with van der Waals surface area (Å²) < 4.78 is 13.5. The summed E-state index contributed by atoms with van der Waals surface area (Å²) in [5.74, 6) is -0.412. The van der Waals surface area contributed by atoms with Crippen molar-refractivity contribution in [3.05, 3.63) is 28.0 Å². The third-order valence-electron chi connectivity index (χ3n) is 3.00. The zero-order chi connectivity index (χ0) is 11.1. The number of phenolic OH excluding ortho intramolecular Hbond substituents is 1. The second-order valence-corrected chi connectivity index (χ2v) is 5.00. The van der Waals surface area contributed by atoms with Crippen LogP contribution in [0.4, 0.5) is 4.39 Å². The Morgan fingerprint density at radius 1 is 1.53 bits per heavy atom. The van der Waals surface area contributed by atoms with E-state index in [2.05, 4.69) is 21.2 Å². The van der Waals surface area contributed by atoms with Gasteiger partial charge >= 0.3 is 0 Å². The van der Waals surface area contributed by atoms with E-state index in [1.54, 1.807) is 6.07 Å². The largest absolute Gasteiger partial charge is 0.507 e. The number of halogens is 2. The van der Waals surface area contributed by atoms with Gasteiger partial charge in [0.15, 0.2) is 0 Å². The monoisotopic (exact) mass is 273 g/mol. The van der Waals surface area contributed by atoms with Gasteiger partial charge in [-0.05, 0) is 48.3 Å². The van der Waals surface area contributed by atoms with Crippen molar-refractivity contribution in [3.8, 4) is 5.75 Å². The lowest BCUT2D eigenvalue weighted by molar-refractivity contribution is 0.391. The molecule has 0 saturated carbocycles. The van der Waals surface area contributed by atoms with Crippen LogP contribution < -0.4 is 5.32 Å². The van der Waals surface area contributed by atoms with Crippen molar-refractivity contribution in [2.45, 2.75) is 25.3 Å². The Hall–Kier alpha value is -0.610. The predicted molar refractivity (Wildman–Crippen MR) is 60.4 cm³/mol. The molecule has 15 heavy (non-hydrogen) atoms. The molecule has 2 rings (SSSR count). The van der Waals surface area contributed by atoms with Gasteiger partial charge in [-0.15, -0.1) is 0 Å². The molecule has 0 bridgehead atoms. The molecule has 1 aromatic carbocycles. The molecule has 0 amide bonds. The van der Waals surface area contributed by atoms with Gasteiger partial charge < -0.3 is 10.4 Å². The minimum Gasteiger partial charge on any atom is -0.507 e.